The minimum atomic E-state index is 0.579. The van der Waals surface area contributed by atoms with Gasteiger partial charge in [-0.3, -0.25) is 0 Å². The van der Waals surface area contributed by atoms with Crippen molar-refractivity contribution in [2.75, 3.05) is 0 Å². The topological polar surface area (TPSA) is 26.0 Å². The lowest BCUT2D eigenvalue weighted by atomic mass is 10.1. The van der Waals surface area contributed by atoms with E-state index in [0.717, 1.165) is 0 Å². The second kappa shape index (κ2) is 2.72. The van der Waals surface area contributed by atoms with Crippen LogP contribution in [0.4, 0.5) is 0 Å². The number of nitrogens with two attached hydrogens (primary N) is 1. The minimum absolute atomic E-state index is 0.579. The number of hydrogen-bond donors (Lipinski definition) is 1. The van der Waals surface area contributed by atoms with Crippen LogP contribution in [0, 0.1) is 5.92 Å². The molecule has 0 aromatic carbocycles. The highest BCUT2D eigenvalue weighted by Crippen LogP contribution is 2.29. The summed E-state index contributed by atoms with van der Waals surface area (Å²) in [4.78, 5) is 0. The maximum atomic E-state index is 5.25. The van der Waals surface area contributed by atoms with E-state index in [2.05, 4.69) is 6.58 Å². The van der Waals surface area contributed by atoms with Gasteiger partial charge >= 0.3 is 0 Å². The monoisotopic (exact) mass is 123 g/mol. The van der Waals surface area contributed by atoms with Crippen molar-refractivity contribution in [1.29, 1.82) is 0 Å². The second-order valence-corrected chi connectivity index (χ2v) is 2.54. The van der Waals surface area contributed by atoms with Gasteiger partial charge in [-0.2, -0.15) is 0 Å². The zero-order valence-electron chi connectivity index (χ0n) is 5.64. The fourth-order valence-corrected chi connectivity index (χ4v) is 1.30. The maximum Gasteiger partial charge on any atom is -0.000871 e. The van der Waals surface area contributed by atoms with E-state index < -0.39 is 0 Å². The van der Waals surface area contributed by atoms with E-state index in [1.807, 2.05) is 6.08 Å². The summed E-state index contributed by atoms with van der Waals surface area (Å²) >= 11 is 0. The van der Waals surface area contributed by atoms with E-state index in [9.17, 15) is 0 Å². The van der Waals surface area contributed by atoms with Gasteiger partial charge in [0.2, 0.25) is 0 Å². The molecule has 0 bridgehead atoms. The summed E-state index contributed by atoms with van der Waals surface area (Å²) in [7, 11) is 0. The molecular formula is C8H13N. The van der Waals surface area contributed by atoms with Crippen molar-refractivity contribution in [2.45, 2.75) is 19.3 Å². The first-order chi connectivity index (χ1) is 4.34. The van der Waals surface area contributed by atoms with Crippen LogP contribution in [0.5, 0.6) is 0 Å². The summed E-state index contributed by atoms with van der Waals surface area (Å²) < 4.78 is 0. The van der Waals surface area contributed by atoms with Crippen LogP contribution in [0.2, 0.25) is 0 Å². The Balaban J connectivity index is 2.49. The molecule has 0 aliphatic heterocycles. The molecule has 0 heterocycles. The van der Waals surface area contributed by atoms with Crippen molar-refractivity contribution >= 4 is 0 Å². The Hall–Kier alpha value is -0.720. The van der Waals surface area contributed by atoms with Gasteiger partial charge in [0.15, 0.2) is 0 Å². The van der Waals surface area contributed by atoms with Gasteiger partial charge in [-0.05, 0) is 31.4 Å². The van der Waals surface area contributed by atoms with E-state index in [-0.39, 0.29) is 0 Å². The SMILES string of the molecule is C=C1CCCC1/C=C/N. The molecule has 1 fully saturated rings. The van der Waals surface area contributed by atoms with Crippen LogP contribution in [-0.4, -0.2) is 0 Å². The first kappa shape index (κ1) is 6.40. The number of allylic oxidation sites excluding steroid dienone is 2. The van der Waals surface area contributed by atoms with Crippen LogP contribution in [0.3, 0.4) is 0 Å². The Morgan fingerprint density at radius 1 is 1.67 bits per heavy atom. The van der Waals surface area contributed by atoms with Crippen LogP contribution in [0.15, 0.2) is 24.4 Å². The average Bonchev–Trinajstić information content (AvgIpc) is 2.18. The summed E-state index contributed by atoms with van der Waals surface area (Å²) in [6, 6.07) is 0. The number of hydrogen-bond acceptors (Lipinski definition) is 1. The molecule has 2 N–H and O–H groups in total. The molecule has 1 heteroatoms. The Morgan fingerprint density at radius 3 is 2.89 bits per heavy atom. The van der Waals surface area contributed by atoms with E-state index in [0.29, 0.717) is 5.92 Å². The first-order valence-electron chi connectivity index (χ1n) is 3.40. The molecule has 1 aliphatic carbocycles. The molecule has 50 valence electrons. The van der Waals surface area contributed by atoms with Crippen molar-refractivity contribution < 1.29 is 0 Å². The molecule has 1 unspecified atom stereocenters. The van der Waals surface area contributed by atoms with Crippen LogP contribution in [-0.2, 0) is 0 Å². The van der Waals surface area contributed by atoms with E-state index in [1.165, 1.54) is 24.8 Å². The summed E-state index contributed by atoms with van der Waals surface area (Å²) in [6.45, 7) is 3.95. The third-order valence-electron chi connectivity index (χ3n) is 1.88. The zero-order valence-corrected chi connectivity index (χ0v) is 5.64. The number of rotatable bonds is 1. The van der Waals surface area contributed by atoms with Crippen molar-refractivity contribution in [2.24, 2.45) is 11.7 Å². The minimum Gasteiger partial charge on any atom is -0.405 e. The Bertz CT molecular complexity index is 136. The third kappa shape index (κ3) is 1.35. The van der Waals surface area contributed by atoms with Gasteiger partial charge in [0.1, 0.15) is 0 Å². The average molecular weight is 123 g/mol. The zero-order chi connectivity index (χ0) is 6.69. The van der Waals surface area contributed by atoms with Gasteiger partial charge in [-0.15, -0.1) is 0 Å². The van der Waals surface area contributed by atoms with Crippen molar-refractivity contribution in [3.63, 3.8) is 0 Å². The van der Waals surface area contributed by atoms with Gasteiger partial charge in [0.25, 0.3) is 0 Å². The third-order valence-corrected chi connectivity index (χ3v) is 1.88. The normalized spacial score (nSPS) is 28.0. The van der Waals surface area contributed by atoms with Crippen LogP contribution in [0.25, 0.3) is 0 Å². The quantitative estimate of drug-likeness (QED) is 0.529. The summed E-state index contributed by atoms with van der Waals surface area (Å²) in [6.07, 6.45) is 7.38. The molecule has 0 aromatic heterocycles. The molecule has 0 radical (unpaired) electrons. The predicted molar refractivity (Wildman–Crippen MR) is 39.8 cm³/mol. The molecule has 1 atom stereocenters. The molecule has 0 spiro atoms. The van der Waals surface area contributed by atoms with Gasteiger partial charge in [0.05, 0.1) is 0 Å². The van der Waals surface area contributed by atoms with Crippen molar-refractivity contribution in [3.05, 3.63) is 24.4 Å². The molecular weight excluding hydrogens is 110 g/mol. The van der Waals surface area contributed by atoms with Gasteiger partial charge < -0.3 is 5.73 Å². The molecule has 9 heavy (non-hydrogen) atoms. The smallest absolute Gasteiger partial charge is 0.000871 e. The maximum absolute atomic E-state index is 5.25. The molecule has 1 nitrogen and oxygen atoms in total. The summed E-state index contributed by atoms with van der Waals surface area (Å²) in [5.41, 5.74) is 6.59. The van der Waals surface area contributed by atoms with Crippen LogP contribution in [0.1, 0.15) is 19.3 Å². The fraction of sp³-hybridized carbons (Fsp3) is 0.500. The van der Waals surface area contributed by atoms with E-state index in [4.69, 9.17) is 5.73 Å². The lowest BCUT2D eigenvalue weighted by Crippen LogP contribution is -1.91. The molecule has 0 saturated heterocycles. The summed E-state index contributed by atoms with van der Waals surface area (Å²) in [5.74, 6) is 0.579. The van der Waals surface area contributed by atoms with Crippen LogP contribution >= 0.6 is 0 Å². The van der Waals surface area contributed by atoms with E-state index in [1.54, 1.807) is 6.20 Å². The Morgan fingerprint density at radius 2 is 2.44 bits per heavy atom. The molecule has 1 saturated carbocycles. The van der Waals surface area contributed by atoms with Gasteiger partial charge in [0, 0.05) is 0 Å². The molecule has 0 aromatic rings. The van der Waals surface area contributed by atoms with E-state index >= 15 is 0 Å². The van der Waals surface area contributed by atoms with Gasteiger partial charge in [-0.25, -0.2) is 0 Å². The molecule has 1 rings (SSSR count). The van der Waals surface area contributed by atoms with Crippen molar-refractivity contribution in [3.8, 4) is 0 Å². The largest absolute Gasteiger partial charge is 0.405 e. The lowest BCUT2D eigenvalue weighted by Gasteiger charge is -2.01. The van der Waals surface area contributed by atoms with Crippen LogP contribution < -0.4 is 5.73 Å². The standard InChI is InChI=1S/C8H13N/c1-7-3-2-4-8(7)5-6-9/h5-6,8H,1-4,9H2/b6-5+. The highest BCUT2D eigenvalue weighted by molar-refractivity contribution is 5.12. The highest BCUT2D eigenvalue weighted by atomic mass is 14.5. The molecule has 0 amide bonds. The predicted octanol–water partition coefficient (Wildman–Crippen LogP) is 1.82. The molecule has 1 aliphatic rings. The first-order valence-corrected chi connectivity index (χ1v) is 3.40. The highest BCUT2D eigenvalue weighted by Gasteiger charge is 2.14. The Labute approximate surface area is 56.2 Å². The summed E-state index contributed by atoms with van der Waals surface area (Å²) in [5, 5.41) is 0. The lowest BCUT2D eigenvalue weighted by molar-refractivity contribution is 0.765. The second-order valence-electron chi connectivity index (χ2n) is 2.54. The van der Waals surface area contributed by atoms with Gasteiger partial charge in [-0.1, -0.05) is 18.2 Å². The Kier molecular flexibility index (Phi) is 1.93. The fourth-order valence-electron chi connectivity index (χ4n) is 1.30. The van der Waals surface area contributed by atoms with Crippen molar-refractivity contribution in [1.82, 2.24) is 0 Å².